The Bertz CT molecular complexity index is 642. The van der Waals surface area contributed by atoms with Crippen LogP contribution in [-0.2, 0) is 6.54 Å². The Labute approximate surface area is 134 Å². The Kier molecular flexibility index (Phi) is 4.90. The molecule has 1 saturated heterocycles. The zero-order valence-corrected chi connectivity index (χ0v) is 13.0. The Morgan fingerprint density at radius 3 is 2.86 bits per heavy atom. The van der Waals surface area contributed by atoms with E-state index in [9.17, 15) is 4.39 Å². The van der Waals surface area contributed by atoms with Gasteiger partial charge < -0.3 is 10.6 Å². The van der Waals surface area contributed by atoms with Crippen LogP contribution in [0.5, 0.6) is 0 Å². The summed E-state index contributed by atoms with van der Waals surface area (Å²) in [5.74, 6) is 1.07. The standard InChI is InChI=1S/C17H19ClFN3/c18-14-4-3-13(16(19)10-14)11-22-17-15(2-1-7-21-17)12-5-8-20-9-6-12/h1-4,7,10,12,20H,5-6,8-9,11H2,(H,21,22). The van der Waals surface area contributed by atoms with E-state index >= 15 is 0 Å². The van der Waals surface area contributed by atoms with Crippen LogP contribution >= 0.6 is 11.6 Å². The summed E-state index contributed by atoms with van der Waals surface area (Å²) in [7, 11) is 0. The molecule has 0 spiro atoms. The highest BCUT2D eigenvalue weighted by Gasteiger charge is 2.18. The third-order valence-electron chi connectivity index (χ3n) is 4.08. The lowest BCUT2D eigenvalue weighted by Crippen LogP contribution is -2.27. The molecule has 0 amide bonds. The predicted octanol–water partition coefficient (Wildman–Crippen LogP) is 3.95. The molecule has 0 aliphatic carbocycles. The number of piperidine rings is 1. The third-order valence-corrected chi connectivity index (χ3v) is 4.31. The normalized spacial score (nSPS) is 15.7. The first-order valence-corrected chi connectivity index (χ1v) is 7.95. The van der Waals surface area contributed by atoms with E-state index in [1.165, 1.54) is 11.6 Å². The van der Waals surface area contributed by atoms with Gasteiger partial charge in [-0.1, -0.05) is 23.7 Å². The molecule has 1 fully saturated rings. The second-order valence-electron chi connectivity index (χ2n) is 5.55. The highest BCUT2D eigenvalue weighted by molar-refractivity contribution is 6.30. The number of aromatic nitrogens is 1. The fourth-order valence-corrected chi connectivity index (χ4v) is 3.03. The molecule has 1 aliphatic rings. The number of nitrogens with one attached hydrogen (secondary N) is 2. The van der Waals surface area contributed by atoms with Crippen molar-refractivity contribution in [2.45, 2.75) is 25.3 Å². The van der Waals surface area contributed by atoms with Gasteiger partial charge in [0.15, 0.2) is 0 Å². The second kappa shape index (κ2) is 7.07. The molecule has 0 bridgehead atoms. The van der Waals surface area contributed by atoms with Crippen molar-refractivity contribution in [3.63, 3.8) is 0 Å². The van der Waals surface area contributed by atoms with Gasteiger partial charge in [0.2, 0.25) is 0 Å². The van der Waals surface area contributed by atoms with Crippen molar-refractivity contribution >= 4 is 17.4 Å². The summed E-state index contributed by atoms with van der Waals surface area (Å²) in [6.45, 7) is 2.47. The lowest BCUT2D eigenvalue weighted by molar-refractivity contribution is 0.460. The summed E-state index contributed by atoms with van der Waals surface area (Å²) in [6, 6.07) is 8.82. The van der Waals surface area contributed by atoms with E-state index in [0.717, 1.165) is 31.7 Å². The van der Waals surface area contributed by atoms with Gasteiger partial charge in [-0.3, -0.25) is 0 Å². The van der Waals surface area contributed by atoms with Crippen LogP contribution in [0.25, 0.3) is 0 Å². The molecule has 1 aliphatic heterocycles. The van der Waals surface area contributed by atoms with Gasteiger partial charge >= 0.3 is 0 Å². The van der Waals surface area contributed by atoms with E-state index in [2.05, 4.69) is 21.7 Å². The Balaban J connectivity index is 1.74. The molecule has 0 unspecified atom stereocenters. The summed E-state index contributed by atoms with van der Waals surface area (Å²) in [4.78, 5) is 4.44. The van der Waals surface area contributed by atoms with Crippen molar-refractivity contribution < 1.29 is 4.39 Å². The summed E-state index contributed by atoms with van der Waals surface area (Å²) in [5, 5.41) is 7.06. The molecule has 1 aromatic carbocycles. The van der Waals surface area contributed by atoms with Crippen LogP contribution in [0.15, 0.2) is 36.5 Å². The number of benzene rings is 1. The molecule has 1 aromatic heterocycles. The van der Waals surface area contributed by atoms with E-state index in [-0.39, 0.29) is 5.82 Å². The van der Waals surface area contributed by atoms with E-state index in [1.807, 2.05) is 6.07 Å². The molecule has 22 heavy (non-hydrogen) atoms. The van der Waals surface area contributed by atoms with Crippen LogP contribution in [0.1, 0.15) is 29.9 Å². The van der Waals surface area contributed by atoms with Gasteiger partial charge in [0.1, 0.15) is 11.6 Å². The van der Waals surface area contributed by atoms with Gasteiger partial charge in [0.05, 0.1) is 0 Å². The van der Waals surface area contributed by atoms with Crippen LogP contribution in [0.3, 0.4) is 0 Å². The molecule has 5 heteroatoms. The molecular weight excluding hydrogens is 301 g/mol. The van der Waals surface area contributed by atoms with Gasteiger partial charge in [0.25, 0.3) is 0 Å². The average molecular weight is 320 g/mol. The van der Waals surface area contributed by atoms with Gasteiger partial charge in [0, 0.05) is 23.3 Å². The monoisotopic (exact) mass is 319 g/mol. The summed E-state index contributed by atoms with van der Waals surface area (Å²) in [5.41, 5.74) is 1.81. The maximum Gasteiger partial charge on any atom is 0.129 e. The smallest absolute Gasteiger partial charge is 0.129 e. The first kappa shape index (κ1) is 15.3. The van der Waals surface area contributed by atoms with Crippen molar-refractivity contribution in [1.29, 1.82) is 0 Å². The van der Waals surface area contributed by atoms with E-state index < -0.39 is 0 Å². The molecule has 2 N–H and O–H groups in total. The number of hydrogen-bond acceptors (Lipinski definition) is 3. The first-order valence-electron chi connectivity index (χ1n) is 7.57. The summed E-state index contributed by atoms with van der Waals surface area (Å²) >= 11 is 5.78. The van der Waals surface area contributed by atoms with Crippen LogP contribution in [-0.4, -0.2) is 18.1 Å². The molecule has 3 nitrogen and oxygen atoms in total. The fraction of sp³-hybridized carbons (Fsp3) is 0.353. The fourth-order valence-electron chi connectivity index (χ4n) is 2.87. The van der Waals surface area contributed by atoms with E-state index in [4.69, 9.17) is 11.6 Å². The minimum Gasteiger partial charge on any atom is -0.366 e. The molecule has 2 heterocycles. The van der Waals surface area contributed by atoms with Crippen LogP contribution < -0.4 is 10.6 Å². The van der Waals surface area contributed by atoms with Gasteiger partial charge in [-0.15, -0.1) is 0 Å². The Hall–Kier alpha value is -1.65. The summed E-state index contributed by atoms with van der Waals surface area (Å²) in [6.07, 6.45) is 3.98. The number of nitrogens with zero attached hydrogens (tertiary/aromatic N) is 1. The van der Waals surface area contributed by atoms with Gasteiger partial charge in [-0.05, 0) is 55.6 Å². The van der Waals surface area contributed by atoms with Crippen LogP contribution in [0.4, 0.5) is 10.2 Å². The minimum atomic E-state index is -0.292. The summed E-state index contributed by atoms with van der Waals surface area (Å²) < 4.78 is 13.9. The van der Waals surface area contributed by atoms with Crippen LogP contribution in [0, 0.1) is 5.82 Å². The lowest BCUT2D eigenvalue weighted by atomic mass is 9.90. The lowest BCUT2D eigenvalue weighted by Gasteiger charge is -2.24. The van der Waals surface area contributed by atoms with Gasteiger partial charge in [-0.25, -0.2) is 9.37 Å². The highest BCUT2D eigenvalue weighted by atomic mass is 35.5. The number of halogens is 2. The Morgan fingerprint density at radius 1 is 1.27 bits per heavy atom. The number of pyridine rings is 1. The van der Waals surface area contributed by atoms with Crippen molar-refractivity contribution in [3.05, 3.63) is 58.5 Å². The maximum absolute atomic E-state index is 13.9. The number of anilines is 1. The molecule has 0 radical (unpaired) electrons. The van der Waals surface area contributed by atoms with Crippen molar-refractivity contribution in [2.24, 2.45) is 0 Å². The molecule has 0 atom stereocenters. The van der Waals surface area contributed by atoms with Gasteiger partial charge in [-0.2, -0.15) is 0 Å². The van der Waals surface area contributed by atoms with Crippen LogP contribution in [0.2, 0.25) is 5.02 Å². The Morgan fingerprint density at radius 2 is 2.09 bits per heavy atom. The molecular formula is C17H19ClFN3. The van der Waals surface area contributed by atoms with Crippen molar-refractivity contribution in [1.82, 2.24) is 10.3 Å². The SMILES string of the molecule is Fc1cc(Cl)ccc1CNc1ncccc1C1CCNCC1. The molecule has 0 saturated carbocycles. The highest BCUT2D eigenvalue weighted by Crippen LogP contribution is 2.30. The zero-order valence-electron chi connectivity index (χ0n) is 12.3. The van der Waals surface area contributed by atoms with Crippen molar-refractivity contribution in [3.8, 4) is 0 Å². The largest absolute Gasteiger partial charge is 0.366 e. The van der Waals surface area contributed by atoms with Crippen molar-refractivity contribution in [2.75, 3.05) is 18.4 Å². The zero-order chi connectivity index (χ0) is 15.4. The predicted molar refractivity (Wildman–Crippen MR) is 87.8 cm³/mol. The topological polar surface area (TPSA) is 37.0 Å². The first-order chi connectivity index (χ1) is 10.7. The van der Waals surface area contributed by atoms with E-state index in [0.29, 0.717) is 23.0 Å². The third kappa shape index (κ3) is 3.57. The van der Waals surface area contributed by atoms with E-state index in [1.54, 1.807) is 18.3 Å². The minimum absolute atomic E-state index is 0.292. The maximum atomic E-state index is 13.9. The number of hydrogen-bond donors (Lipinski definition) is 2. The quantitative estimate of drug-likeness (QED) is 0.896. The molecule has 2 aromatic rings. The second-order valence-corrected chi connectivity index (χ2v) is 5.99. The number of rotatable bonds is 4. The average Bonchev–Trinajstić information content (AvgIpc) is 2.55. The molecule has 3 rings (SSSR count). The molecule has 116 valence electrons.